The summed E-state index contributed by atoms with van der Waals surface area (Å²) in [6.07, 6.45) is 2.13. The van der Waals surface area contributed by atoms with E-state index < -0.39 is 0 Å². The molecule has 0 bridgehead atoms. The van der Waals surface area contributed by atoms with Crippen LogP contribution >= 0.6 is 0 Å². The van der Waals surface area contributed by atoms with Gasteiger partial charge in [0.05, 0.1) is 5.69 Å². The molecule has 3 rings (SSSR count). The summed E-state index contributed by atoms with van der Waals surface area (Å²) in [5.41, 5.74) is 3.15. The molecule has 1 aliphatic rings. The third-order valence-corrected chi connectivity index (χ3v) is 4.54. The first-order valence-electron chi connectivity index (χ1n) is 8.11. The lowest BCUT2D eigenvalue weighted by Gasteiger charge is -2.25. The molecule has 1 aliphatic heterocycles. The third kappa shape index (κ3) is 3.35. The van der Waals surface area contributed by atoms with Crippen LogP contribution < -0.4 is 10.9 Å². The fraction of sp³-hybridized carbons (Fsp3) is 0.368. The lowest BCUT2D eigenvalue weighted by Crippen LogP contribution is -2.33. The quantitative estimate of drug-likeness (QED) is 0.948. The highest BCUT2D eigenvalue weighted by Gasteiger charge is 2.17. The molecule has 2 heterocycles. The van der Waals surface area contributed by atoms with Crippen molar-refractivity contribution in [1.82, 2.24) is 9.88 Å². The van der Waals surface area contributed by atoms with Crippen molar-refractivity contribution in [1.29, 1.82) is 5.26 Å². The fourth-order valence-corrected chi connectivity index (χ4v) is 3.14. The first kappa shape index (κ1) is 15.5. The SMILES string of the molecule is Cc1ccc(-c2ccc(C#N)c(=O)n2CC2CCNCC2)cc1. The van der Waals surface area contributed by atoms with E-state index in [1.807, 2.05) is 43.3 Å². The van der Waals surface area contributed by atoms with Crippen LogP contribution in [-0.2, 0) is 6.54 Å². The van der Waals surface area contributed by atoms with Crippen LogP contribution in [0.1, 0.15) is 24.0 Å². The number of benzene rings is 1. The van der Waals surface area contributed by atoms with E-state index in [-0.39, 0.29) is 11.1 Å². The number of rotatable bonds is 3. The maximum Gasteiger partial charge on any atom is 0.268 e. The summed E-state index contributed by atoms with van der Waals surface area (Å²) in [5, 5.41) is 12.5. The topological polar surface area (TPSA) is 57.8 Å². The first-order chi connectivity index (χ1) is 11.2. The maximum atomic E-state index is 12.7. The Hall–Kier alpha value is -2.38. The molecule has 0 spiro atoms. The van der Waals surface area contributed by atoms with Crippen molar-refractivity contribution in [2.45, 2.75) is 26.3 Å². The Balaban J connectivity index is 2.04. The summed E-state index contributed by atoms with van der Waals surface area (Å²) >= 11 is 0. The maximum absolute atomic E-state index is 12.7. The van der Waals surface area contributed by atoms with Crippen LogP contribution in [0.25, 0.3) is 11.3 Å². The van der Waals surface area contributed by atoms with Gasteiger partial charge in [-0.15, -0.1) is 0 Å². The highest BCUT2D eigenvalue weighted by atomic mass is 16.1. The number of hydrogen-bond acceptors (Lipinski definition) is 3. The Labute approximate surface area is 136 Å². The molecule has 0 atom stereocenters. The minimum atomic E-state index is -0.177. The molecule has 1 aromatic heterocycles. The van der Waals surface area contributed by atoms with E-state index in [1.54, 1.807) is 10.6 Å². The molecule has 4 heteroatoms. The van der Waals surface area contributed by atoms with E-state index in [1.165, 1.54) is 5.56 Å². The molecule has 0 amide bonds. The second kappa shape index (κ2) is 6.80. The summed E-state index contributed by atoms with van der Waals surface area (Å²) in [6, 6.07) is 13.7. The van der Waals surface area contributed by atoms with Crippen molar-refractivity contribution >= 4 is 0 Å². The van der Waals surface area contributed by atoms with Crippen LogP contribution in [-0.4, -0.2) is 17.7 Å². The van der Waals surface area contributed by atoms with Crippen LogP contribution in [0, 0.1) is 24.2 Å². The molecule has 1 fully saturated rings. The molecule has 2 aromatic rings. The molecule has 4 nitrogen and oxygen atoms in total. The van der Waals surface area contributed by atoms with E-state index >= 15 is 0 Å². The van der Waals surface area contributed by atoms with Crippen molar-refractivity contribution in [3.8, 4) is 17.3 Å². The molecule has 0 radical (unpaired) electrons. The molecule has 0 unspecified atom stereocenters. The number of nitrogens with zero attached hydrogens (tertiary/aromatic N) is 2. The van der Waals surface area contributed by atoms with Crippen molar-refractivity contribution in [2.75, 3.05) is 13.1 Å². The lowest BCUT2D eigenvalue weighted by atomic mass is 9.97. The Kier molecular flexibility index (Phi) is 4.59. The summed E-state index contributed by atoms with van der Waals surface area (Å²) in [7, 11) is 0. The first-order valence-corrected chi connectivity index (χ1v) is 8.11. The average molecular weight is 307 g/mol. The predicted octanol–water partition coefficient (Wildman–Crippen LogP) is 2.70. The lowest BCUT2D eigenvalue weighted by molar-refractivity contribution is 0.331. The van der Waals surface area contributed by atoms with E-state index in [0.29, 0.717) is 12.5 Å². The van der Waals surface area contributed by atoms with Gasteiger partial charge in [-0.25, -0.2) is 0 Å². The largest absolute Gasteiger partial charge is 0.317 e. The van der Waals surface area contributed by atoms with Gasteiger partial charge in [-0.2, -0.15) is 5.26 Å². The van der Waals surface area contributed by atoms with Crippen molar-refractivity contribution in [3.05, 3.63) is 57.9 Å². The minimum absolute atomic E-state index is 0.177. The van der Waals surface area contributed by atoms with E-state index in [9.17, 15) is 10.1 Å². The van der Waals surface area contributed by atoms with Crippen molar-refractivity contribution in [3.63, 3.8) is 0 Å². The second-order valence-corrected chi connectivity index (χ2v) is 6.22. The molecule has 118 valence electrons. The normalized spacial score (nSPS) is 15.3. The number of aromatic nitrogens is 1. The van der Waals surface area contributed by atoms with Crippen LogP contribution in [0.5, 0.6) is 0 Å². The Morgan fingerprint density at radius 3 is 2.52 bits per heavy atom. The highest BCUT2D eigenvalue weighted by Crippen LogP contribution is 2.22. The molecule has 23 heavy (non-hydrogen) atoms. The Morgan fingerprint density at radius 1 is 1.17 bits per heavy atom. The highest BCUT2D eigenvalue weighted by molar-refractivity contribution is 5.60. The van der Waals surface area contributed by atoms with Crippen LogP contribution in [0.2, 0.25) is 0 Å². The van der Waals surface area contributed by atoms with Gasteiger partial charge in [-0.05, 0) is 56.5 Å². The van der Waals surface area contributed by atoms with Crippen molar-refractivity contribution in [2.24, 2.45) is 5.92 Å². The van der Waals surface area contributed by atoms with E-state index in [0.717, 1.165) is 37.2 Å². The van der Waals surface area contributed by atoms with Gasteiger partial charge in [0.1, 0.15) is 11.6 Å². The monoisotopic (exact) mass is 307 g/mol. The molecule has 1 aromatic carbocycles. The summed E-state index contributed by atoms with van der Waals surface area (Å²) < 4.78 is 1.79. The van der Waals surface area contributed by atoms with Crippen LogP contribution in [0.3, 0.4) is 0 Å². The van der Waals surface area contributed by atoms with Gasteiger partial charge < -0.3 is 9.88 Å². The van der Waals surface area contributed by atoms with Gasteiger partial charge in [-0.3, -0.25) is 4.79 Å². The fourth-order valence-electron chi connectivity index (χ4n) is 3.14. The van der Waals surface area contributed by atoms with Gasteiger partial charge in [0.15, 0.2) is 0 Å². The van der Waals surface area contributed by atoms with Gasteiger partial charge in [0.25, 0.3) is 5.56 Å². The number of piperidine rings is 1. The van der Waals surface area contributed by atoms with Gasteiger partial charge >= 0.3 is 0 Å². The number of nitriles is 1. The Morgan fingerprint density at radius 2 is 1.87 bits per heavy atom. The standard InChI is InChI=1S/C19H21N3O/c1-14-2-4-16(5-3-14)18-7-6-17(12-20)19(23)22(18)13-15-8-10-21-11-9-15/h2-7,15,21H,8-11,13H2,1H3. The van der Waals surface area contributed by atoms with Crippen molar-refractivity contribution < 1.29 is 0 Å². The van der Waals surface area contributed by atoms with E-state index in [4.69, 9.17) is 0 Å². The number of pyridine rings is 1. The second-order valence-electron chi connectivity index (χ2n) is 6.22. The summed E-state index contributed by atoms with van der Waals surface area (Å²) in [5.74, 6) is 0.479. The number of nitrogens with one attached hydrogen (secondary N) is 1. The zero-order valence-corrected chi connectivity index (χ0v) is 13.4. The summed E-state index contributed by atoms with van der Waals surface area (Å²) in [6.45, 7) is 4.72. The molecule has 0 saturated carbocycles. The molecular formula is C19H21N3O. The zero-order valence-electron chi connectivity index (χ0n) is 13.4. The van der Waals surface area contributed by atoms with Gasteiger partial charge in [0, 0.05) is 6.54 Å². The number of hydrogen-bond donors (Lipinski definition) is 1. The third-order valence-electron chi connectivity index (χ3n) is 4.54. The van der Waals surface area contributed by atoms with Crippen LogP contribution in [0.4, 0.5) is 0 Å². The van der Waals surface area contributed by atoms with Crippen LogP contribution in [0.15, 0.2) is 41.2 Å². The predicted molar refractivity (Wildman–Crippen MR) is 91.2 cm³/mol. The van der Waals surface area contributed by atoms with E-state index in [2.05, 4.69) is 5.32 Å². The molecule has 1 saturated heterocycles. The summed E-state index contributed by atoms with van der Waals surface area (Å²) in [4.78, 5) is 12.7. The molecule has 0 aliphatic carbocycles. The minimum Gasteiger partial charge on any atom is -0.317 e. The molecule has 1 N–H and O–H groups in total. The number of aryl methyl sites for hydroxylation is 1. The smallest absolute Gasteiger partial charge is 0.268 e. The average Bonchev–Trinajstić information content (AvgIpc) is 2.58. The van der Waals surface area contributed by atoms with Gasteiger partial charge in [0.2, 0.25) is 0 Å². The Bertz CT molecular complexity index is 778. The zero-order chi connectivity index (χ0) is 16.2. The van der Waals surface area contributed by atoms with Gasteiger partial charge in [-0.1, -0.05) is 29.8 Å². The molecular weight excluding hydrogens is 286 g/mol.